The van der Waals surface area contributed by atoms with Crippen LogP contribution in [0, 0.1) is 17.1 Å². The van der Waals surface area contributed by atoms with Crippen LogP contribution in [0.2, 0.25) is 0 Å². The van der Waals surface area contributed by atoms with E-state index in [1.54, 1.807) is 17.9 Å². The minimum atomic E-state index is -1.33. The lowest BCUT2D eigenvalue weighted by Gasteiger charge is -2.33. The van der Waals surface area contributed by atoms with E-state index in [0.29, 0.717) is 29.8 Å². The minimum Gasteiger partial charge on any atom is -0.442 e. The van der Waals surface area contributed by atoms with Crippen molar-refractivity contribution in [2.45, 2.75) is 32.5 Å². The number of cyclic esters (lactones) is 1. The average Bonchev–Trinajstić information content (AvgIpc) is 3.06. The summed E-state index contributed by atoms with van der Waals surface area (Å²) in [5.74, 6) is -0.803. The number of amides is 2. The Bertz CT molecular complexity index is 896. The molecule has 2 atom stereocenters. The summed E-state index contributed by atoms with van der Waals surface area (Å²) in [6, 6.07) is 6.28. The van der Waals surface area contributed by atoms with Crippen molar-refractivity contribution >= 4 is 23.4 Å². The van der Waals surface area contributed by atoms with Crippen LogP contribution in [0.1, 0.15) is 20.3 Å². The second-order valence-corrected chi connectivity index (χ2v) is 7.11. The van der Waals surface area contributed by atoms with Gasteiger partial charge in [0.15, 0.2) is 0 Å². The molecule has 2 fully saturated rings. The van der Waals surface area contributed by atoms with E-state index in [1.807, 2.05) is 6.07 Å². The highest BCUT2D eigenvalue weighted by atomic mass is 19.1. The molecule has 2 amide bonds. The Balaban J connectivity index is 1.71. The maximum absolute atomic E-state index is 14.8. The number of anilines is 2. The quantitative estimate of drug-likeness (QED) is 0.780. The van der Waals surface area contributed by atoms with Crippen molar-refractivity contribution in [1.29, 1.82) is 5.26 Å². The van der Waals surface area contributed by atoms with Gasteiger partial charge < -0.3 is 15.0 Å². The number of ether oxygens (including phenoxy) is 1. The van der Waals surface area contributed by atoms with Crippen molar-refractivity contribution in [1.82, 2.24) is 5.32 Å². The molecule has 7 nitrogen and oxygen atoms in total. The van der Waals surface area contributed by atoms with E-state index in [0.717, 1.165) is 0 Å². The van der Waals surface area contributed by atoms with E-state index < -0.39 is 24.2 Å². The molecule has 0 radical (unpaired) electrons. The predicted octanol–water partition coefficient (Wildman–Crippen LogP) is 2.68. The summed E-state index contributed by atoms with van der Waals surface area (Å²) in [6.45, 7) is 3.69. The fourth-order valence-electron chi connectivity index (χ4n) is 3.54. The molecule has 1 aromatic carbocycles. The lowest BCUT2D eigenvalue weighted by atomic mass is 9.97. The number of hydrogen-bond donors (Lipinski definition) is 1. The SMILES string of the molecule is CC(=O)NCC1CN(c2ccc(N3CC/C(=C(/C)C#N)[C@H](F)C3)c(F)c2)C(=O)O1. The molecule has 2 aliphatic rings. The van der Waals surface area contributed by atoms with Gasteiger partial charge in [-0.15, -0.1) is 0 Å². The van der Waals surface area contributed by atoms with Crippen LogP contribution in [0.5, 0.6) is 0 Å². The van der Waals surface area contributed by atoms with Gasteiger partial charge in [-0.25, -0.2) is 13.6 Å². The van der Waals surface area contributed by atoms with Gasteiger partial charge in [0.2, 0.25) is 5.91 Å². The fourth-order valence-corrected chi connectivity index (χ4v) is 3.54. The summed E-state index contributed by atoms with van der Waals surface area (Å²) in [5, 5.41) is 11.5. The Morgan fingerprint density at radius 2 is 2.14 bits per heavy atom. The van der Waals surface area contributed by atoms with E-state index in [-0.39, 0.29) is 31.2 Å². The predicted molar refractivity (Wildman–Crippen MR) is 103 cm³/mol. The van der Waals surface area contributed by atoms with E-state index in [1.165, 1.54) is 24.0 Å². The van der Waals surface area contributed by atoms with Crippen LogP contribution in [0.25, 0.3) is 0 Å². The molecule has 0 spiro atoms. The van der Waals surface area contributed by atoms with Crippen molar-refractivity contribution < 1.29 is 23.1 Å². The van der Waals surface area contributed by atoms with Crippen molar-refractivity contribution in [3.05, 3.63) is 35.2 Å². The molecule has 3 rings (SSSR count). The summed E-state index contributed by atoms with van der Waals surface area (Å²) in [6.07, 6.45) is -2.11. The number of halogens is 2. The van der Waals surface area contributed by atoms with Crippen LogP contribution in [0.4, 0.5) is 25.0 Å². The first-order chi connectivity index (χ1) is 13.8. The third-order valence-corrected chi connectivity index (χ3v) is 5.10. The van der Waals surface area contributed by atoms with Gasteiger partial charge in [0.1, 0.15) is 18.1 Å². The summed E-state index contributed by atoms with van der Waals surface area (Å²) >= 11 is 0. The van der Waals surface area contributed by atoms with Crippen LogP contribution >= 0.6 is 0 Å². The highest BCUT2D eigenvalue weighted by Crippen LogP contribution is 2.31. The average molecular weight is 404 g/mol. The Morgan fingerprint density at radius 1 is 1.38 bits per heavy atom. The number of nitriles is 1. The zero-order valence-corrected chi connectivity index (χ0v) is 16.2. The molecule has 0 bridgehead atoms. The molecular formula is C20H22F2N4O3. The molecular weight excluding hydrogens is 382 g/mol. The van der Waals surface area contributed by atoms with Crippen LogP contribution < -0.4 is 15.1 Å². The maximum Gasteiger partial charge on any atom is 0.414 e. The van der Waals surface area contributed by atoms with Gasteiger partial charge in [0.05, 0.1) is 37.1 Å². The molecule has 1 unspecified atom stereocenters. The molecule has 9 heteroatoms. The van der Waals surface area contributed by atoms with Gasteiger partial charge in [-0.2, -0.15) is 5.26 Å². The van der Waals surface area contributed by atoms with Crippen molar-refractivity contribution in [2.24, 2.45) is 0 Å². The van der Waals surface area contributed by atoms with Gasteiger partial charge in [-0.1, -0.05) is 0 Å². The fraction of sp³-hybridized carbons (Fsp3) is 0.450. The van der Waals surface area contributed by atoms with Crippen LogP contribution in [-0.4, -0.2) is 50.5 Å². The smallest absolute Gasteiger partial charge is 0.414 e. The normalized spacial score (nSPS) is 23.5. The number of carbonyl (C=O) groups excluding carboxylic acids is 2. The highest BCUT2D eigenvalue weighted by molar-refractivity contribution is 5.90. The number of nitrogens with zero attached hydrogens (tertiary/aromatic N) is 3. The standard InChI is InChI=1S/C20H22F2N4O3/c1-12(8-23)16-5-6-25(11-18(16)22)19-4-3-14(7-17(19)21)26-10-15(29-20(26)28)9-24-13(2)27/h3-4,7,15,18H,5-6,9-11H2,1-2H3,(H,24,27)/b16-12+/t15?,18-/m1/s1. The van der Waals surface area contributed by atoms with E-state index in [9.17, 15) is 18.4 Å². The molecule has 0 aromatic heterocycles. The third kappa shape index (κ3) is 4.47. The van der Waals surface area contributed by atoms with Gasteiger partial charge in [-0.05, 0) is 37.1 Å². The summed E-state index contributed by atoms with van der Waals surface area (Å²) in [7, 11) is 0. The Labute approximate surface area is 167 Å². The lowest BCUT2D eigenvalue weighted by molar-refractivity contribution is -0.119. The molecule has 2 saturated heterocycles. The highest BCUT2D eigenvalue weighted by Gasteiger charge is 2.33. The summed E-state index contributed by atoms with van der Waals surface area (Å²) in [4.78, 5) is 26.0. The lowest BCUT2D eigenvalue weighted by Crippen LogP contribution is -2.39. The van der Waals surface area contributed by atoms with E-state index >= 15 is 0 Å². The van der Waals surface area contributed by atoms with Crippen LogP contribution in [0.3, 0.4) is 0 Å². The van der Waals surface area contributed by atoms with Gasteiger partial charge in [0, 0.05) is 19.0 Å². The van der Waals surface area contributed by atoms with Gasteiger partial charge >= 0.3 is 6.09 Å². The first-order valence-electron chi connectivity index (χ1n) is 9.31. The third-order valence-electron chi connectivity index (χ3n) is 5.10. The van der Waals surface area contributed by atoms with Crippen LogP contribution in [-0.2, 0) is 9.53 Å². The van der Waals surface area contributed by atoms with Crippen molar-refractivity contribution in [2.75, 3.05) is 36.0 Å². The number of nitrogens with one attached hydrogen (secondary N) is 1. The topological polar surface area (TPSA) is 85.7 Å². The van der Waals surface area contributed by atoms with Gasteiger partial charge in [0.25, 0.3) is 0 Å². The van der Waals surface area contributed by atoms with Crippen LogP contribution in [0.15, 0.2) is 29.3 Å². The maximum atomic E-state index is 14.8. The molecule has 0 aliphatic carbocycles. The second-order valence-electron chi connectivity index (χ2n) is 7.11. The molecule has 29 heavy (non-hydrogen) atoms. The molecule has 154 valence electrons. The zero-order valence-electron chi connectivity index (χ0n) is 16.2. The summed E-state index contributed by atoms with van der Waals surface area (Å²) < 4.78 is 34.4. The number of piperidine rings is 1. The van der Waals surface area contributed by atoms with Crippen molar-refractivity contribution in [3.8, 4) is 6.07 Å². The molecule has 1 aromatic rings. The molecule has 0 saturated carbocycles. The molecule has 1 N–H and O–H groups in total. The number of allylic oxidation sites excluding steroid dienone is 1. The first-order valence-corrected chi connectivity index (χ1v) is 9.31. The second kappa shape index (κ2) is 8.47. The zero-order chi connectivity index (χ0) is 21.1. The molecule has 2 aliphatic heterocycles. The van der Waals surface area contributed by atoms with Gasteiger partial charge in [-0.3, -0.25) is 9.69 Å². The van der Waals surface area contributed by atoms with E-state index in [2.05, 4.69) is 5.32 Å². The largest absolute Gasteiger partial charge is 0.442 e. The number of rotatable bonds is 4. The Morgan fingerprint density at radius 3 is 2.76 bits per heavy atom. The Kier molecular flexibility index (Phi) is 6.01. The molecule has 2 heterocycles. The minimum absolute atomic E-state index is 0.0326. The number of benzene rings is 1. The van der Waals surface area contributed by atoms with Crippen molar-refractivity contribution in [3.63, 3.8) is 0 Å². The van der Waals surface area contributed by atoms with E-state index in [4.69, 9.17) is 10.00 Å². The number of carbonyl (C=O) groups is 2. The Hall–Kier alpha value is -3.15. The number of hydrogen-bond acceptors (Lipinski definition) is 5. The first kappa shape index (κ1) is 20.6. The number of alkyl halides is 1. The summed E-state index contributed by atoms with van der Waals surface area (Å²) in [5.41, 5.74) is 1.41. The monoisotopic (exact) mass is 404 g/mol.